The van der Waals surface area contributed by atoms with Gasteiger partial charge in [-0.1, -0.05) is 0 Å². The quantitative estimate of drug-likeness (QED) is 0.807. The van der Waals surface area contributed by atoms with Crippen molar-refractivity contribution in [2.24, 2.45) is 0 Å². The molecule has 2 N–H and O–H groups in total. The summed E-state index contributed by atoms with van der Waals surface area (Å²) in [6.45, 7) is 3.42. The molecule has 0 spiro atoms. The minimum Gasteiger partial charge on any atom is -0.374 e. The number of nitrogens with one attached hydrogen (secondary N) is 2. The molecule has 0 bridgehead atoms. The van der Waals surface area contributed by atoms with E-state index in [2.05, 4.69) is 22.6 Å². The van der Waals surface area contributed by atoms with Crippen LogP contribution >= 0.6 is 0 Å². The predicted octanol–water partition coefficient (Wildman–Crippen LogP) is 0.795. The highest BCUT2D eigenvalue weighted by Gasteiger charge is 2.26. The zero-order chi connectivity index (χ0) is 16.4. The van der Waals surface area contributed by atoms with E-state index < -0.39 is 6.04 Å². The van der Waals surface area contributed by atoms with Gasteiger partial charge < -0.3 is 15.1 Å². The van der Waals surface area contributed by atoms with Crippen molar-refractivity contribution in [3.05, 3.63) is 24.0 Å². The van der Waals surface area contributed by atoms with Crippen molar-refractivity contribution in [2.45, 2.75) is 18.9 Å². The van der Waals surface area contributed by atoms with Crippen LogP contribution in [-0.4, -0.2) is 56.0 Å². The number of piperidine rings is 1. The van der Waals surface area contributed by atoms with E-state index >= 15 is 0 Å². The molecular formula is C16H21FN4O2. The van der Waals surface area contributed by atoms with E-state index in [0.29, 0.717) is 24.2 Å². The van der Waals surface area contributed by atoms with Gasteiger partial charge in [0.2, 0.25) is 11.8 Å². The Hall–Kier alpha value is -2.15. The minimum absolute atomic E-state index is 0.260. The van der Waals surface area contributed by atoms with Crippen molar-refractivity contribution in [2.75, 3.05) is 43.4 Å². The van der Waals surface area contributed by atoms with Gasteiger partial charge in [0.15, 0.2) is 0 Å². The van der Waals surface area contributed by atoms with E-state index in [1.807, 2.05) is 4.90 Å². The topological polar surface area (TPSA) is 64.7 Å². The Labute approximate surface area is 134 Å². The lowest BCUT2D eigenvalue weighted by Gasteiger charge is -2.34. The van der Waals surface area contributed by atoms with Gasteiger partial charge in [-0.3, -0.25) is 14.9 Å². The van der Waals surface area contributed by atoms with Crippen molar-refractivity contribution in [1.29, 1.82) is 0 Å². The number of piperazine rings is 1. The molecule has 1 aromatic rings. The summed E-state index contributed by atoms with van der Waals surface area (Å²) in [6.07, 6.45) is 0.720. The van der Waals surface area contributed by atoms with Gasteiger partial charge in [-0.2, -0.15) is 0 Å². The van der Waals surface area contributed by atoms with Gasteiger partial charge in [-0.15, -0.1) is 0 Å². The number of nitrogens with zero attached hydrogens (tertiary/aromatic N) is 2. The maximum atomic E-state index is 14.4. The number of imide groups is 1. The fourth-order valence-corrected chi connectivity index (χ4v) is 2.93. The number of amides is 2. The Kier molecular flexibility index (Phi) is 4.47. The SMILES string of the molecule is CN1CCN(c2ccc(NC3CCC(=O)NC3=O)cc2F)CC1. The van der Waals surface area contributed by atoms with E-state index in [9.17, 15) is 14.0 Å². The van der Waals surface area contributed by atoms with E-state index in [4.69, 9.17) is 0 Å². The maximum absolute atomic E-state index is 14.4. The Morgan fingerprint density at radius 3 is 2.61 bits per heavy atom. The standard InChI is InChI=1S/C16H21FN4O2/c1-20-6-8-21(9-7-20)14-4-2-11(10-12(14)17)18-13-3-5-15(22)19-16(13)23/h2,4,10,13,18H,3,5-9H2,1H3,(H,19,22,23). The van der Waals surface area contributed by atoms with Crippen LogP contribution in [0.1, 0.15) is 12.8 Å². The number of benzene rings is 1. The fraction of sp³-hybridized carbons (Fsp3) is 0.500. The lowest BCUT2D eigenvalue weighted by atomic mass is 10.1. The molecule has 1 aromatic carbocycles. The normalized spacial score (nSPS) is 22.9. The molecule has 23 heavy (non-hydrogen) atoms. The van der Waals surface area contributed by atoms with Crippen LogP contribution in [0.15, 0.2) is 18.2 Å². The number of carbonyl (C=O) groups is 2. The summed E-state index contributed by atoms with van der Waals surface area (Å²) in [5.41, 5.74) is 1.14. The molecule has 2 saturated heterocycles. The fourth-order valence-electron chi connectivity index (χ4n) is 2.93. The number of rotatable bonds is 3. The molecule has 3 rings (SSSR count). The third kappa shape index (κ3) is 3.61. The first-order valence-electron chi connectivity index (χ1n) is 7.86. The van der Waals surface area contributed by atoms with Crippen LogP contribution in [0.2, 0.25) is 0 Å². The molecule has 0 radical (unpaired) electrons. The number of hydrogen-bond acceptors (Lipinski definition) is 5. The predicted molar refractivity (Wildman–Crippen MR) is 85.9 cm³/mol. The zero-order valence-electron chi connectivity index (χ0n) is 13.1. The van der Waals surface area contributed by atoms with Gasteiger partial charge in [0.05, 0.1) is 5.69 Å². The molecule has 0 aliphatic carbocycles. The summed E-state index contributed by atoms with van der Waals surface area (Å²) in [6, 6.07) is 4.44. The third-order valence-electron chi connectivity index (χ3n) is 4.37. The van der Waals surface area contributed by atoms with Crippen molar-refractivity contribution in [1.82, 2.24) is 10.2 Å². The first kappa shape index (κ1) is 15.7. The summed E-state index contributed by atoms with van der Waals surface area (Å²) >= 11 is 0. The van der Waals surface area contributed by atoms with Gasteiger partial charge in [0, 0.05) is 38.3 Å². The molecule has 2 fully saturated rings. The van der Waals surface area contributed by atoms with Crippen molar-refractivity contribution < 1.29 is 14.0 Å². The average Bonchev–Trinajstić information content (AvgIpc) is 2.51. The van der Waals surface area contributed by atoms with Crippen molar-refractivity contribution >= 4 is 23.2 Å². The Morgan fingerprint density at radius 1 is 1.22 bits per heavy atom. The highest BCUT2D eigenvalue weighted by Crippen LogP contribution is 2.25. The Morgan fingerprint density at radius 2 is 1.96 bits per heavy atom. The van der Waals surface area contributed by atoms with Crippen LogP contribution in [-0.2, 0) is 9.59 Å². The van der Waals surface area contributed by atoms with Gasteiger partial charge in [-0.05, 0) is 31.7 Å². The first-order valence-corrected chi connectivity index (χ1v) is 7.86. The maximum Gasteiger partial charge on any atom is 0.249 e. The Bertz CT molecular complexity index is 614. The molecule has 1 unspecified atom stereocenters. The summed E-state index contributed by atoms with van der Waals surface area (Å²) in [4.78, 5) is 27.1. The summed E-state index contributed by atoms with van der Waals surface area (Å²) in [5, 5.41) is 5.28. The second kappa shape index (κ2) is 6.54. The molecule has 2 heterocycles. The third-order valence-corrected chi connectivity index (χ3v) is 4.37. The lowest BCUT2D eigenvalue weighted by Crippen LogP contribution is -2.47. The summed E-state index contributed by atoms with van der Waals surface area (Å²) < 4.78 is 14.4. The summed E-state index contributed by atoms with van der Waals surface area (Å²) in [7, 11) is 2.06. The largest absolute Gasteiger partial charge is 0.374 e. The lowest BCUT2D eigenvalue weighted by molar-refractivity contribution is -0.133. The van der Waals surface area contributed by atoms with Crippen molar-refractivity contribution in [3.8, 4) is 0 Å². The van der Waals surface area contributed by atoms with Gasteiger partial charge >= 0.3 is 0 Å². The van der Waals surface area contributed by atoms with Crippen LogP contribution in [0, 0.1) is 5.82 Å². The number of anilines is 2. The molecule has 0 aromatic heterocycles. The van der Waals surface area contributed by atoms with E-state index in [1.54, 1.807) is 12.1 Å². The highest BCUT2D eigenvalue weighted by molar-refractivity contribution is 6.01. The average molecular weight is 320 g/mol. The van der Waals surface area contributed by atoms with Gasteiger partial charge in [0.1, 0.15) is 11.9 Å². The molecule has 124 valence electrons. The monoisotopic (exact) mass is 320 g/mol. The molecule has 1 atom stereocenters. The van der Waals surface area contributed by atoms with Crippen LogP contribution in [0.25, 0.3) is 0 Å². The summed E-state index contributed by atoms with van der Waals surface area (Å²) in [5.74, 6) is -0.915. The van der Waals surface area contributed by atoms with Crippen molar-refractivity contribution in [3.63, 3.8) is 0 Å². The molecule has 2 amide bonds. The van der Waals surface area contributed by atoms with Crippen LogP contribution in [0.5, 0.6) is 0 Å². The van der Waals surface area contributed by atoms with Gasteiger partial charge in [0.25, 0.3) is 0 Å². The highest BCUT2D eigenvalue weighted by atomic mass is 19.1. The molecule has 0 saturated carbocycles. The van der Waals surface area contributed by atoms with E-state index in [1.165, 1.54) is 6.07 Å². The van der Waals surface area contributed by atoms with Crippen LogP contribution in [0.4, 0.5) is 15.8 Å². The number of hydrogen-bond donors (Lipinski definition) is 2. The van der Waals surface area contributed by atoms with Crippen LogP contribution in [0.3, 0.4) is 0 Å². The Balaban J connectivity index is 1.67. The molecule has 6 nitrogen and oxygen atoms in total. The number of halogens is 1. The number of carbonyl (C=O) groups excluding carboxylic acids is 2. The molecule has 7 heteroatoms. The van der Waals surface area contributed by atoms with Crippen LogP contribution < -0.4 is 15.5 Å². The van der Waals surface area contributed by atoms with Gasteiger partial charge in [-0.25, -0.2) is 4.39 Å². The number of likely N-dealkylation sites (N-methyl/N-ethyl adjacent to an activating group) is 1. The van der Waals surface area contributed by atoms with E-state index in [-0.39, 0.29) is 17.6 Å². The second-order valence-electron chi connectivity index (χ2n) is 6.10. The molecule has 2 aliphatic heterocycles. The second-order valence-corrected chi connectivity index (χ2v) is 6.10. The molecular weight excluding hydrogens is 299 g/mol. The smallest absolute Gasteiger partial charge is 0.249 e. The van der Waals surface area contributed by atoms with E-state index in [0.717, 1.165) is 26.2 Å². The first-order chi connectivity index (χ1) is 11.0. The molecule has 2 aliphatic rings. The zero-order valence-corrected chi connectivity index (χ0v) is 13.1. The minimum atomic E-state index is -0.499.